The van der Waals surface area contributed by atoms with Gasteiger partial charge in [0.1, 0.15) is 5.75 Å². The lowest BCUT2D eigenvalue weighted by Crippen LogP contribution is -2.49. The van der Waals surface area contributed by atoms with Crippen molar-refractivity contribution in [3.05, 3.63) is 59.8 Å². The molecule has 2 heterocycles. The average molecular weight is 488 g/mol. The summed E-state index contributed by atoms with van der Waals surface area (Å²) in [6, 6.07) is 14.2. The van der Waals surface area contributed by atoms with Crippen LogP contribution in [0.3, 0.4) is 0 Å². The number of amides is 2. The van der Waals surface area contributed by atoms with Crippen LogP contribution in [0.5, 0.6) is 5.75 Å². The van der Waals surface area contributed by atoms with Crippen molar-refractivity contribution in [3.63, 3.8) is 0 Å². The van der Waals surface area contributed by atoms with E-state index < -0.39 is 6.10 Å². The highest BCUT2D eigenvalue weighted by atomic mass is 16.5. The number of fused-ring (bicyclic) bond motifs is 1. The number of piperidine rings is 1. The first-order valence-corrected chi connectivity index (χ1v) is 12.8. The normalized spacial score (nSPS) is 15.6. The van der Waals surface area contributed by atoms with E-state index in [1.807, 2.05) is 50.1 Å². The molecule has 6 heteroatoms. The molecule has 0 aliphatic carbocycles. The van der Waals surface area contributed by atoms with E-state index in [1.165, 1.54) is 16.7 Å². The number of aryl methyl sites for hydroxylation is 2. The number of carbonyl (C=O) groups excluding carboxylic acids is 2. The predicted molar refractivity (Wildman–Crippen MR) is 144 cm³/mol. The molecule has 1 aliphatic rings. The smallest absolute Gasteiger partial charge is 0.263 e. The second-order valence-electron chi connectivity index (χ2n) is 10.9. The highest BCUT2D eigenvalue weighted by Crippen LogP contribution is 2.34. The minimum Gasteiger partial charge on any atom is -0.481 e. The maximum atomic E-state index is 13.1. The van der Waals surface area contributed by atoms with Gasteiger partial charge in [-0.15, -0.1) is 0 Å². The van der Waals surface area contributed by atoms with Gasteiger partial charge in [0.25, 0.3) is 5.91 Å². The van der Waals surface area contributed by atoms with Gasteiger partial charge in [0.2, 0.25) is 5.91 Å². The van der Waals surface area contributed by atoms with Crippen molar-refractivity contribution < 1.29 is 14.3 Å². The average Bonchev–Trinajstić information content (AvgIpc) is 2.82. The van der Waals surface area contributed by atoms with Gasteiger partial charge in [-0.3, -0.25) is 14.6 Å². The number of nitrogens with zero attached hydrogens (tertiary/aromatic N) is 2. The molecule has 1 N–H and O–H groups in total. The predicted octanol–water partition coefficient (Wildman–Crippen LogP) is 5.44. The van der Waals surface area contributed by atoms with Gasteiger partial charge in [-0.2, -0.15) is 0 Å². The van der Waals surface area contributed by atoms with Crippen LogP contribution >= 0.6 is 0 Å². The molecule has 0 saturated carbocycles. The fourth-order valence-corrected chi connectivity index (χ4v) is 5.00. The monoisotopic (exact) mass is 487 g/mol. The molecule has 2 aromatic carbocycles. The van der Waals surface area contributed by atoms with Crippen molar-refractivity contribution in [1.82, 2.24) is 15.2 Å². The van der Waals surface area contributed by atoms with Gasteiger partial charge in [0.05, 0.1) is 5.52 Å². The van der Waals surface area contributed by atoms with Crippen LogP contribution in [0.25, 0.3) is 22.0 Å². The maximum Gasteiger partial charge on any atom is 0.263 e. The molecule has 1 atom stereocenters. The molecule has 6 nitrogen and oxygen atoms in total. The third-order valence-corrected chi connectivity index (χ3v) is 6.80. The van der Waals surface area contributed by atoms with E-state index in [4.69, 9.17) is 4.74 Å². The van der Waals surface area contributed by atoms with Gasteiger partial charge in [-0.25, -0.2) is 0 Å². The van der Waals surface area contributed by atoms with Crippen molar-refractivity contribution in [2.24, 2.45) is 5.92 Å². The van der Waals surface area contributed by atoms with Crippen molar-refractivity contribution >= 4 is 22.7 Å². The molecule has 0 spiro atoms. The number of pyridine rings is 1. The van der Waals surface area contributed by atoms with Gasteiger partial charge >= 0.3 is 0 Å². The number of likely N-dealkylation sites (tertiary alicyclic amines) is 1. The molecule has 4 rings (SSSR count). The Bertz CT molecular complexity index is 1250. The van der Waals surface area contributed by atoms with Crippen molar-refractivity contribution in [2.75, 3.05) is 13.1 Å². The number of hydrogen-bond acceptors (Lipinski definition) is 4. The zero-order chi connectivity index (χ0) is 26.0. The fraction of sp³-hybridized carbons (Fsp3) is 0.433. The Labute approximate surface area is 214 Å². The molecule has 2 amide bonds. The Kier molecular flexibility index (Phi) is 7.34. The molecule has 3 aromatic rings. The lowest BCUT2D eigenvalue weighted by molar-refractivity contribution is -0.141. The molecule has 0 bridgehead atoms. The summed E-state index contributed by atoms with van der Waals surface area (Å²) in [6.45, 7) is 13.1. The molecule has 190 valence electrons. The molecule has 0 radical (unpaired) electrons. The summed E-state index contributed by atoms with van der Waals surface area (Å²) in [7, 11) is 0. The standard InChI is InChI=1S/C30H37N3O3/c1-19-8-7-9-20(2)27(19)25-12-15-31-26-18-23(10-11-24(25)26)36-21(3)29(35)33-16-13-22(14-17-33)28(34)32-30(4,5)6/h7-12,15,18,21-22H,13-14,16-17H2,1-6H3,(H,32,34)/t21-/m1/s1. The van der Waals surface area contributed by atoms with E-state index in [1.54, 1.807) is 6.92 Å². The van der Waals surface area contributed by atoms with E-state index in [0.29, 0.717) is 31.7 Å². The molecule has 0 unspecified atom stereocenters. The van der Waals surface area contributed by atoms with E-state index >= 15 is 0 Å². The van der Waals surface area contributed by atoms with Gasteiger partial charge in [-0.05, 0) is 94.8 Å². The Morgan fingerprint density at radius 1 is 1.06 bits per heavy atom. The summed E-state index contributed by atoms with van der Waals surface area (Å²) in [6.07, 6.45) is 2.54. The van der Waals surface area contributed by atoms with E-state index in [2.05, 4.69) is 48.4 Å². The highest BCUT2D eigenvalue weighted by Gasteiger charge is 2.31. The second-order valence-corrected chi connectivity index (χ2v) is 10.9. The Hall–Kier alpha value is -3.41. The number of rotatable bonds is 5. The Morgan fingerprint density at radius 3 is 2.36 bits per heavy atom. The summed E-state index contributed by atoms with van der Waals surface area (Å²) >= 11 is 0. The first kappa shape index (κ1) is 25.7. The second kappa shape index (κ2) is 10.3. The van der Waals surface area contributed by atoms with Crippen LogP contribution in [-0.2, 0) is 9.59 Å². The van der Waals surface area contributed by atoms with Crippen LogP contribution in [0.15, 0.2) is 48.7 Å². The number of aromatic nitrogens is 1. The molecule has 1 aliphatic heterocycles. The third-order valence-electron chi connectivity index (χ3n) is 6.80. The SMILES string of the molecule is Cc1cccc(C)c1-c1ccnc2cc(O[C@H](C)C(=O)N3CCC(C(=O)NC(C)(C)C)CC3)ccc12. The van der Waals surface area contributed by atoms with Crippen LogP contribution in [0, 0.1) is 19.8 Å². The van der Waals surface area contributed by atoms with Crippen molar-refractivity contribution in [3.8, 4) is 16.9 Å². The van der Waals surface area contributed by atoms with Crippen LogP contribution in [-0.4, -0.2) is 46.4 Å². The minimum absolute atomic E-state index is 0.0536. The molecule has 1 saturated heterocycles. The zero-order valence-electron chi connectivity index (χ0n) is 22.2. The molecular formula is C30H37N3O3. The number of carbonyl (C=O) groups is 2. The Balaban J connectivity index is 1.43. The highest BCUT2D eigenvalue weighted by molar-refractivity contribution is 5.96. The fourth-order valence-electron chi connectivity index (χ4n) is 5.00. The number of nitrogens with one attached hydrogen (secondary N) is 1. The summed E-state index contributed by atoms with van der Waals surface area (Å²) in [5.41, 5.74) is 5.40. The summed E-state index contributed by atoms with van der Waals surface area (Å²) in [4.78, 5) is 31.9. The molecule has 1 aromatic heterocycles. The van der Waals surface area contributed by atoms with Gasteiger partial charge in [0.15, 0.2) is 6.10 Å². The van der Waals surface area contributed by atoms with Crippen LogP contribution in [0.1, 0.15) is 51.7 Å². The largest absolute Gasteiger partial charge is 0.481 e. The first-order valence-electron chi connectivity index (χ1n) is 12.8. The van der Waals surface area contributed by atoms with Gasteiger partial charge in [0, 0.05) is 42.2 Å². The molecule has 1 fully saturated rings. The summed E-state index contributed by atoms with van der Waals surface area (Å²) < 4.78 is 6.06. The zero-order valence-corrected chi connectivity index (χ0v) is 22.2. The maximum absolute atomic E-state index is 13.1. The van der Waals surface area contributed by atoms with E-state index in [9.17, 15) is 9.59 Å². The number of benzene rings is 2. The van der Waals surface area contributed by atoms with E-state index in [-0.39, 0.29) is 23.3 Å². The van der Waals surface area contributed by atoms with Crippen LogP contribution < -0.4 is 10.1 Å². The third kappa shape index (κ3) is 5.69. The molecular weight excluding hydrogens is 450 g/mol. The molecule has 36 heavy (non-hydrogen) atoms. The summed E-state index contributed by atoms with van der Waals surface area (Å²) in [5.74, 6) is 0.584. The lowest BCUT2D eigenvalue weighted by atomic mass is 9.93. The van der Waals surface area contributed by atoms with Crippen LogP contribution in [0.4, 0.5) is 0 Å². The van der Waals surface area contributed by atoms with Gasteiger partial charge < -0.3 is 15.0 Å². The number of ether oxygens (including phenoxy) is 1. The van der Waals surface area contributed by atoms with Crippen LogP contribution in [0.2, 0.25) is 0 Å². The lowest BCUT2D eigenvalue weighted by Gasteiger charge is -2.34. The van der Waals surface area contributed by atoms with Gasteiger partial charge in [-0.1, -0.05) is 18.2 Å². The van der Waals surface area contributed by atoms with Crippen molar-refractivity contribution in [1.29, 1.82) is 0 Å². The quantitative estimate of drug-likeness (QED) is 0.520. The van der Waals surface area contributed by atoms with Crippen molar-refractivity contribution in [2.45, 2.75) is 66.0 Å². The Morgan fingerprint density at radius 2 is 1.72 bits per heavy atom. The summed E-state index contributed by atoms with van der Waals surface area (Å²) in [5, 5.41) is 4.10. The minimum atomic E-state index is -0.621. The number of hydrogen-bond donors (Lipinski definition) is 1. The first-order chi connectivity index (χ1) is 17.0. The topological polar surface area (TPSA) is 71.5 Å². The van der Waals surface area contributed by atoms with E-state index in [0.717, 1.165) is 16.5 Å².